The molecule has 160 valence electrons. The summed E-state index contributed by atoms with van der Waals surface area (Å²) in [6.45, 7) is 4.88. The summed E-state index contributed by atoms with van der Waals surface area (Å²) in [6, 6.07) is 13.1. The lowest BCUT2D eigenvalue weighted by Gasteiger charge is -2.21. The lowest BCUT2D eigenvalue weighted by atomic mass is 9.96. The fourth-order valence-electron chi connectivity index (χ4n) is 3.26. The molecule has 0 saturated heterocycles. The molecule has 30 heavy (non-hydrogen) atoms. The maximum absolute atomic E-state index is 12.6. The second-order valence-electron chi connectivity index (χ2n) is 7.01. The Balaban J connectivity index is 1.60. The van der Waals surface area contributed by atoms with Gasteiger partial charge in [-0.15, -0.1) is 0 Å². The average Bonchev–Trinajstić information content (AvgIpc) is 2.79. The molecule has 1 N–H and O–H groups in total. The third kappa shape index (κ3) is 5.03. The molecule has 0 unspecified atom stereocenters. The van der Waals surface area contributed by atoms with Gasteiger partial charge in [-0.25, -0.2) is 4.79 Å². The normalized spacial score (nSPS) is 14.4. The third-order valence-corrected chi connectivity index (χ3v) is 5.00. The molecule has 1 aliphatic rings. The molecule has 1 aliphatic heterocycles. The Hall–Kier alpha value is -3.22. The molecule has 7 heteroatoms. The number of carbonyl (C=O) groups is 2. The molecule has 0 spiro atoms. The minimum absolute atomic E-state index is 0.195. The summed E-state index contributed by atoms with van der Waals surface area (Å²) < 4.78 is 21.7. The minimum atomic E-state index is -0.940. The van der Waals surface area contributed by atoms with Gasteiger partial charge >= 0.3 is 5.97 Å². The Labute approximate surface area is 176 Å². The summed E-state index contributed by atoms with van der Waals surface area (Å²) in [4.78, 5) is 25.0. The van der Waals surface area contributed by atoms with Crippen LogP contribution in [0.3, 0.4) is 0 Å². The van der Waals surface area contributed by atoms with Crippen LogP contribution in [-0.2, 0) is 9.53 Å². The number of rotatable bonds is 8. The molecule has 0 radical (unpaired) electrons. The number of benzene rings is 2. The molecule has 2 atom stereocenters. The molecule has 0 fully saturated rings. The number of methoxy groups -OCH3 is 1. The van der Waals surface area contributed by atoms with Crippen molar-refractivity contribution in [3.8, 4) is 17.2 Å². The van der Waals surface area contributed by atoms with Crippen molar-refractivity contribution in [2.24, 2.45) is 0 Å². The predicted molar refractivity (Wildman–Crippen MR) is 111 cm³/mol. The van der Waals surface area contributed by atoms with E-state index in [2.05, 4.69) is 12.2 Å². The number of esters is 1. The van der Waals surface area contributed by atoms with Crippen molar-refractivity contribution in [3.05, 3.63) is 53.6 Å². The molecule has 1 heterocycles. The number of nitrogens with one attached hydrogen (secondary N) is 1. The number of ether oxygens (including phenoxy) is 4. The van der Waals surface area contributed by atoms with Gasteiger partial charge in [-0.05, 0) is 31.0 Å². The molecule has 0 aliphatic carbocycles. The van der Waals surface area contributed by atoms with Gasteiger partial charge in [-0.2, -0.15) is 0 Å². The standard InChI is InChI=1S/C23H27NO6/c1-4-16(17-8-6-5-7-9-17)14-24-22(25)15(2)30-23(26)18-12-19(27-3)21-20(13-18)28-10-11-29-21/h5-9,12-13,15-16H,4,10-11,14H2,1-3H3,(H,24,25)/t15-,16-/m1/s1. The van der Waals surface area contributed by atoms with Gasteiger partial charge in [0, 0.05) is 12.5 Å². The summed E-state index contributed by atoms with van der Waals surface area (Å²) in [5, 5.41) is 2.88. The van der Waals surface area contributed by atoms with Crippen LogP contribution in [0.5, 0.6) is 17.2 Å². The van der Waals surface area contributed by atoms with Crippen LogP contribution in [0, 0.1) is 0 Å². The van der Waals surface area contributed by atoms with E-state index in [0.717, 1.165) is 12.0 Å². The molecular weight excluding hydrogens is 386 g/mol. The SMILES string of the molecule is CC[C@H](CNC(=O)[C@@H](C)OC(=O)c1cc(OC)c2c(c1)OCCO2)c1ccccc1. The van der Waals surface area contributed by atoms with Crippen LogP contribution in [0.1, 0.15) is 42.1 Å². The first-order valence-electron chi connectivity index (χ1n) is 10.0. The van der Waals surface area contributed by atoms with E-state index in [1.54, 1.807) is 6.92 Å². The van der Waals surface area contributed by atoms with Gasteiger partial charge in [0.05, 0.1) is 12.7 Å². The molecule has 3 rings (SSSR count). The molecule has 0 bridgehead atoms. The van der Waals surface area contributed by atoms with Crippen LogP contribution in [0.15, 0.2) is 42.5 Å². The van der Waals surface area contributed by atoms with Gasteiger partial charge in [0.2, 0.25) is 5.75 Å². The van der Waals surface area contributed by atoms with Crippen molar-refractivity contribution in [1.29, 1.82) is 0 Å². The molecule has 0 aromatic heterocycles. The Bertz CT molecular complexity index is 866. The van der Waals surface area contributed by atoms with Crippen LogP contribution in [0.25, 0.3) is 0 Å². The highest BCUT2D eigenvalue weighted by Gasteiger charge is 2.24. The number of hydrogen-bond acceptors (Lipinski definition) is 6. The summed E-state index contributed by atoms with van der Waals surface area (Å²) >= 11 is 0. The lowest BCUT2D eigenvalue weighted by Crippen LogP contribution is -2.38. The highest BCUT2D eigenvalue weighted by Crippen LogP contribution is 2.40. The van der Waals surface area contributed by atoms with Crippen molar-refractivity contribution in [3.63, 3.8) is 0 Å². The first-order valence-corrected chi connectivity index (χ1v) is 10.0. The van der Waals surface area contributed by atoms with Gasteiger partial charge < -0.3 is 24.3 Å². The van der Waals surface area contributed by atoms with Crippen molar-refractivity contribution in [1.82, 2.24) is 5.32 Å². The van der Waals surface area contributed by atoms with Crippen LogP contribution >= 0.6 is 0 Å². The minimum Gasteiger partial charge on any atom is -0.493 e. The fourth-order valence-corrected chi connectivity index (χ4v) is 3.26. The van der Waals surface area contributed by atoms with Crippen molar-refractivity contribution < 1.29 is 28.5 Å². The third-order valence-electron chi connectivity index (χ3n) is 5.00. The smallest absolute Gasteiger partial charge is 0.339 e. The fraction of sp³-hybridized carbons (Fsp3) is 0.391. The molecule has 2 aromatic rings. The van der Waals surface area contributed by atoms with E-state index in [1.165, 1.54) is 19.2 Å². The first kappa shape index (κ1) is 21.5. The summed E-state index contributed by atoms with van der Waals surface area (Å²) in [6.07, 6.45) is -0.0555. The van der Waals surface area contributed by atoms with Crippen molar-refractivity contribution >= 4 is 11.9 Å². The van der Waals surface area contributed by atoms with E-state index in [4.69, 9.17) is 18.9 Å². The number of fused-ring (bicyclic) bond motifs is 1. The van der Waals surface area contributed by atoms with Crippen LogP contribution in [0.4, 0.5) is 0 Å². The van der Waals surface area contributed by atoms with Crippen molar-refractivity contribution in [2.45, 2.75) is 32.3 Å². The number of carbonyl (C=O) groups excluding carboxylic acids is 2. The maximum atomic E-state index is 12.6. The number of amides is 1. The van der Waals surface area contributed by atoms with Crippen molar-refractivity contribution in [2.75, 3.05) is 26.9 Å². The van der Waals surface area contributed by atoms with E-state index in [1.807, 2.05) is 30.3 Å². The maximum Gasteiger partial charge on any atom is 0.339 e. The zero-order valence-electron chi connectivity index (χ0n) is 17.5. The Morgan fingerprint density at radius 3 is 2.57 bits per heavy atom. The molecular formula is C23H27NO6. The van der Waals surface area contributed by atoms with Gasteiger partial charge in [0.25, 0.3) is 5.91 Å². The zero-order valence-corrected chi connectivity index (χ0v) is 17.5. The van der Waals surface area contributed by atoms with E-state index >= 15 is 0 Å². The monoisotopic (exact) mass is 413 g/mol. The van der Waals surface area contributed by atoms with Crippen LogP contribution in [0.2, 0.25) is 0 Å². The number of hydrogen-bond donors (Lipinski definition) is 1. The second-order valence-corrected chi connectivity index (χ2v) is 7.01. The van der Waals surface area contributed by atoms with E-state index < -0.39 is 12.1 Å². The van der Waals surface area contributed by atoms with Gasteiger partial charge in [-0.1, -0.05) is 37.3 Å². The summed E-state index contributed by atoms with van der Waals surface area (Å²) in [5.41, 5.74) is 1.39. The van der Waals surface area contributed by atoms with Gasteiger partial charge in [0.1, 0.15) is 13.2 Å². The molecule has 7 nitrogen and oxygen atoms in total. The largest absolute Gasteiger partial charge is 0.493 e. The van der Waals surface area contributed by atoms with E-state index in [0.29, 0.717) is 37.0 Å². The van der Waals surface area contributed by atoms with E-state index in [9.17, 15) is 9.59 Å². The summed E-state index contributed by atoms with van der Waals surface area (Å²) in [5.74, 6) is 0.464. The average molecular weight is 413 g/mol. The molecule has 1 amide bonds. The molecule has 2 aromatic carbocycles. The highest BCUT2D eigenvalue weighted by molar-refractivity contribution is 5.93. The Morgan fingerprint density at radius 1 is 1.13 bits per heavy atom. The van der Waals surface area contributed by atoms with E-state index in [-0.39, 0.29) is 17.4 Å². The second kappa shape index (κ2) is 10.0. The zero-order chi connectivity index (χ0) is 21.5. The quantitative estimate of drug-likeness (QED) is 0.669. The lowest BCUT2D eigenvalue weighted by molar-refractivity contribution is -0.129. The highest BCUT2D eigenvalue weighted by atomic mass is 16.6. The topological polar surface area (TPSA) is 83.1 Å². The van der Waals surface area contributed by atoms with Crippen LogP contribution in [-0.4, -0.2) is 44.8 Å². The Morgan fingerprint density at radius 2 is 1.87 bits per heavy atom. The van der Waals surface area contributed by atoms with Gasteiger partial charge in [-0.3, -0.25) is 4.79 Å². The predicted octanol–water partition coefficient (Wildman–Crippen LogP) is 3.32. The van der Waals surface area contributed by atoms with Gasteiger partial charge in [0.15, 0.2) is 17.6 Å². The van der Waals surface area contributed by atoms with Crippen LogP contribution < -0.4 is 19.5 Å². The first-order chi connectivity index (χ1) is 14.5. The summed E-state index contributed by atoms with van der Waals surface area (Å²) in [7, 11) is 1.48. The Kier molecular flexibility index (Phi) is 7.17. The molecule has 0 saturated carbocycles.